The van der Waals surface area contributed by atoms with Crippen LogP contribution in [0.4, 0.5) is 0 Å². The minimum Gasteiger partial charge on any atom is -0.341 e. The van der Waals surface area contributed by atoms with E-state index in [9.17, 15) is 0 Å². The number of benzene rings is 2. The Kier molecular flexibility index (Phi) is 5.29. The Morgan fingerprint density at radius 2 is 1.72 bits per heavy atom. The SMILES string of the molecule is CC1CN2C(=NC(c3ccccn3)C2c2ccc(Sc3ccc(Cl)cc3)cc2)S1. The maximum Gasteiger partial charge on any atom is 0.160 e. The highest BCUT2D eigenvalue weighted by Crippen LogP contribution is 2.47. The average molecular weight is 438 g/mol. The summed E-state index contributed by atoms with van der Waals surface area (Å²) in [5, 5.41) is 2.48. The molecule has 0 aliphatic carbocycles. The molecule has 1 fully saturated rings. The zero-order valence-corrected chi connectivity index (χ0v) is 18.3. The van der Waals surface area contributed by atoms with Crippen LogP contribution in [0.1, 0.15) is 30.3 Å². The molecule has 3 atom stereocenters. The summed E-state index contributed by atoms with van der Waals surface area (Å²) in [6.45, 7) is 3.29. The smallest absolute Gasteiger partial charge is 0.160 e. The molecule has 3 unspecified atom stereocenters. The van der Waals surface area contributed by atoms with Crippen molar-refractivity contribution in [2.24, 2.45) is 4.99 Å². The highest BCUT2D eigenvalue weighted by molar-refractivity contribution is 8.14. The van der Waals surface area contributed by atoms with Crippen molar-refractivity contribution in [1.29, 1.82) is 0 Å². The van der Waals surface area contributed by atoms with Gasteiger partial charge in [0.05, 0.1) is 11.7 Å². The summed E-state index contributed by atoms with van der Waals surface area (Å²) in [5.74, 6) is 0. The van der Waals surface area contributed by atoms with Crippen molar-refractivity contribution in [2.45, 2.75) is 34.0 Å². The van der Waals surface area contributed by atoms with Crippen LogP contribution >= 0.6 is 35.1 Å². The third-order valence-corrected chi connectivity index (χ3v) is 7.52. The Morgan fingerprint density at radius 3 is 2.41 bits per heavy atom. The quantitative estimate of drug-likeness (QED) is 0.467. The van der Waals surface area contributed by atoms with Gasteiger partial charge in [-0.15, -0.1) is 0 Å². The van der Waals surface area contributed by atoms with Crippen molar-refractivity contribution in [1.82, 2.24) is 9.88 Å². The lowest BCUT2D eigenvalue weighted by Crippen LogP contribution is -2.28. The van der Waals surface area contributed by atoms with E-state index < -0.39 is 0 Å². The molecule has 0 spiro atoms. The molecule has 1 aromatic heterocycles. The van der Waals surface area contributed by atoms with Crippen molar-refractivity contribution >= 4 is 40.3 Å². The van der Waals surface area contributed by atoms with Crippen LogP contribution in [-0.2, 0) is 0 Å². The van der Waals surface area contributed by atoms with E-state index in [-0.39, 0.29) is 12.1 Å². The molecule has 0 saturated carbocycles. The van der Waals surface area contributed by atoms with Gasteiger partial charge in [0.2, 0.25) is 0 Å². The van der Waals surface area contributed by atoms with Gasteiger partial charge in [0.15, 0.2) is 5.17 Å². The molecule has 29 heavy (non-hydrogen) atoms. The van der Waals surface area contributed by atoms with E-state index in [1.807, 2.05) is 42.2 Å². The number of amidine groups is 1. The number of pyridine rings is 1. The zero-order valence-electron chi connectivity index (χ0n) is 15.9. The molecule has 5 rings (SSSR count). The molecule has 2 aromatic carbocycles. The van der Waals surface area contributed by atoms with Gasteiger partial charge in [-0.25, -0.2) is 0 Å². The molecule has 3 heterocycles. The van der Waals surface area contributed by atoms with E-state index >= 15 is 0 Å². The van der Waals surface area contributed by atoms with Crippen molar-refractivity contribution in [2.75, 3.05) is 6.54 Å². The van der Waals surface area contributed by atoms with Gasteiger partial charge >= 0.3 is 0 Å². The Bertz CT molecular complexity index is 1020. The highest BCUT2D eigenvalue weighted by atomic mass is 35.5. The van der Waals surface area contributed by atoms with E-state index in [1.165, 1.54) is 15.4 Å². The number of halogens is 1. The number of hydrogen-bond donors (Lipinski definition) is 0. The van der Waals surface area contributed by atoms with Gasteiger partial charge < -0.3 is 4.90 Å². The van der Waals surface area contributed by atoms with Gasteiger partial charge in [-0.3, -0.25) is 9.98 Å². The summed E-state index contributed by atoms with van der Waals surface area (Å²) in [7, 11) is 0. The van der Waals surface area contributed by atoms with Crippen LogP contribution in [0.25, 0.3) is 0 Å². The molecule has 2 aliphatic heterocycles. The summed E-state index contributed by atoms with van der Waals surface area (Å²) in [5.41, 5.74) is 2.32. The van der Waals surface area contributed by atoms with Crippen LogP contribution in [0.15, 0.2) is 87.7 Å². The maximum atomic E-state index is 6.00. The van der Waals surface area contributed by atoms with Crippen LogP contribution in [0, 0.1) is 0 Å². The predicted octanol–water partition coefficient (Wildman–Crippen LogP) is 6.48. The molecule has 0 amide bonds. The summed E-state index contributed by atoms with van der Waals surface area (Å²) >= 11 is 9.61. The number of aliphatic imine (C=N–C) groups is 1. The fourth-order valence-corrected chi connectivity index (χ4v) is 5.89. The minimum atomic E-state index is 0.0426. The lowest BCUT2D eigenvalue weighted by molar-refractivity contribution is 0.321. The van der Waals surface area contributed by atoms with Crippen molar-refractivity contribution in [3.05, 3.63) is 89.2 Å². The van der Waals surface area contributed by atoms with Crippen LogP contribution in [0.5, 0.6) is 0 Å². The largest absolute Gasteiger partial charge is 0.341 e. The van der Waals surface area contributed by atoms with Gasteiger partial charge in [-0.2, -0.15) is 0 Å². The molecule has 3 nitrogen and oxygen atoms in total. The Balaban J connectivity index is 1.42. The lowest BCUT2D eigenvalue weighted by Gasteiger charge is -2.27. The highest BCUT2D eigenvalue weighted by Gasteiger charge is 2.43. The fraction of sp³-hybridized carbons (Fsp3) is 0.217. The number of hydrogen-bond acceptors (Lipinski definition) is 5. The van der Waals surface area contributed by atoms with Gasteiger partial charge in [0, 0.05) is 32.8 Å². The number of fused-ring (bicyclic) bond motifs is 1. The van der Waals surface area contributed by atoms with Gasteiger partial charge in [0.1, 0.15) is 6.04 Å². The van der Waals surface area contributed by atoms with Gasteiger partial charge in [0.25, 0.3) is 0 Å². The predicted molar refractivity (Wildman–Crippen MR) is 123 cm³/mol. The minimum absolute atomic E-state index is 0.0426. The van der Waals surface area contributed by atoms with Crippen molar-refractivity contribution < 1.29 is 0 Å². The molecular weight excluding hydrogens is 418 g/mol. The van der Waals surface area contributed by atoms with Crippen molar-refractivity contribution in [3.63, 3.8) is 0 Å². The summed E-state index contributed by atoms with van der Waals surface area (Å²) < 4.78 is 0. The van der Waals surface area contributed by atoms with Gasteiger partial charge in [-0.1, -0.05) is 60.2 Å². The zero-order chi connectivity index (χ0) is 19.8. The fourth-order valence-electron chi connectivity index (χ4n) is 3.85. The first-order valence-corrected chi connectivity index (χ1v) is 11.7. The number of thioether (sulfide) groups is 1. The summed E-state index contributed by atoms with van der Waals surface area (Å²) in [4.78, 5) is 14.5. The number of aromatic nitrogens is 1. The van der Waals surface area contributed by atoms with Crippen LogP contribution < -0.4 is 0 Å². The van der Waals surface area contributed by atoms with Crippen LogP contribution in [0.3, 0.4) is 0 Å². The Hall–Kier alpha value is -1.95. The number of rotatable bonds is 4. The van der Waals surface area contributed by atoms with Crippen molar-refractivity contribution in [3.8, 4) is 0 Å². The maximum absolute atomic E-state index is 6.00. The Labute approximate surface area is 184 Å². The van der Waals surface area contributed by atoms with E-state index in [2.05, 4.69) is 59.3 Å². The van der Waals surface area contributed by atoms with Crippen LogP contribution in [-0.4, -0.2) is 26.8 Å². The molecule has 0 N–H and O–H groups in total. The van der Waals surface area contributed by atoms with Gasteiger partial charge in [-0.05, 0) is 54.1 Å². The summed E-state index contributed by atoms with van der Waals surface area (Å²) in [6.07, 6.45) is 1.86. The average Bonchev–Trinajstić information content (AvgIpc) is 3.27. The monoisotopic (exact) mass is 437 g/mol. The molecule has 3 aromatic rings. The summed E-state index contributed by atoms with van der Waals surface area (Å²) in [6, 6.07) is 23.2. The van der Waals surface area contributed by atoms with Crippen LogP contribution in [0.2, 0.25) is 5.02 Å². The first-order chi connectivity index (χ1) is 14.2. The Morgan fingerprint density at radius 1 is 1.00 bits per heavy atom. The molecule has 2 aliphatic rings. The lowest BCUT2D eigenvalue weighted by atomic mass is 9.96. The molecular formula is C23H20ClN3S2. The second-order valence-corrected chi connectivity index (χ2v) is 10.3. The molecule has 1 saturated heterocycles. The first kappa shape index (κ1) is 19.0. The third-order valence-electron chi connectivity index (χ3n) is 5.15. The first-order valence-electron chi connectivity index (χ1n) is 9.63. The van der Waals surface area contributed by atoms with E-state index in [0.29, 0.717) is 5.25 Å². The second-order valence-electron chi connectivity index (χ2n) is 7.26. The molecule has 6 heteroatoms. The van der Waals surface area contributed by atoms with E-state index in [1.54, 1.807) is 11.8 Å². The number of nitrogens with zero attached hydrogens (tertiary/aromatic N) is 3. The standard InChI is InChI=1S/C23H20ClN3S2/c1-15-14-27-22(21(26-23(27)28-15)20-4-2-3-13-25-20)16-5-9-18(10-6-16)29-19-11-7-17(24)8-12-19/h2-13,15,21-22H,14H2,1H3. The van der Waals surface area contributed by atoms with E-state index in [4.69, 9.17) is 16.6 Å². The molecule has 0 bridgehead atoms. The molecule has 0 radical (unpaired) electrons. The second kappa shape index (κ2) is 8.05. The normalized spacial score (nSPS) is 23.2. The third kappa shape index (κ3) is 3.91. The molecule has 146 valence electrons. The topological polar surface area (TPSA) is 28.5 Å². The van der Waals surface area contributed by atoms with E-state index in [0.717, 1.165) is 22.4 Å².